The maximum atomic E-state index is 13.6. The molecule has 90 valence electrons. The minimum atomic E-state index is -0.966. The average Bonchev–Trinajstić information content (AvgIpc) is 2.75. The summed E-state index contributed by atoms with van der Waals surface area (Å²) in [6.07, 6.45) is 2.57. The molecule has 0 aliphatic carbocycles. The summed E-state index contributed by atoms with van der Waals surface area (Å²) in [6, 6.07) is 5.35. The van der Waals surface area contributed by atoms with Gasteiger partial charge in [-0.05, 0) is 12.1 Å². The van der Waals surface area contributed by atoms with Gasteiger partial charge >= 0.3 is 0 Å². The third-order valence-corrected chi connectivity index (χ3v) is 2.60. The van der Waals surface area contributed by atoms with E-state index in [0.29, 0.717) is 15.8 Å². The molecule has 0 saturated heterocycles. The molecule has 0 amide bonds. The number of aromatic amines is 1. The van der Waals surface area contributed by atoms with Crippen molar-refractivity contribution in [2.75, 3.05) is 0 Å². The van der Waals surface area contributed by atoms with E-state index in [9.17, 15) is 14.0 Å². The van der Waals surface area contributed by atoms with Crippen molar-refractivity contribution in [2.45, 2.75) is 0 Å². The highest BCUT2D eigenvalue weighted by molar-refractivity contribution is 5.77. The quantitative estimate of drug-likeness (QED) is 0.529. The predicted octanol–water partition coefficient (Wildman–Crippen LogP) is 2.14. The number of hydrogen-bond donors (Lipinski definition) is 1. The highest BCUT2D eigenvalue weighted by Crippen LogP contribution is 2.23. The Bertz CT molecular complexity index is 739. The summed E-state index contributed by atoms with van der Waals surface area (Å²) in [5.41, 5.74) is 1.01. The molecule has 0 radical (unpaired) electrons. The van der Waals surface area contributed by atoms with Gasteiger partial charge in [-0.25, -0.2) is 13.8 Å². The number of imidazole rings is 1. The van der Waals surface area contributed by atoms with E-state index in [1.807, 2.05) is 0 Å². The first-order valence-corrected chi connectivity index (χ1v) is 5.18. The van der Waals surface area contributed by atoms with E-state index in [1.165, 1.54) is 30.6 Å². The van der Waals surface area contributed by atoms with Gasteiger partial charge in [0.15, 0.2) is 17.8 Å². The molecular weight excluding hydrogens is 240 g/mol. The normalized spacial score (nSPS) is 11.0. The number of fused-ring (bicyclic) bond motifs is 1. The number of benzene rings is 1. The van der Waals surface area contributed by atoms with Gasteiger partial charge in [0.25, 0.3) is 0 Å². The van der Waals surface area contributed by atoms with Crippen LogP contribution in [0.2, 0.25) is 0 Å². The Balaban J connectivity index is 2.22. The SMILES string of the molecule is [O-][n+]1ccc2nc(-c3cccc(F)c3F)[nH]c2c1. The van der Waals surface area contributed by atoms with Crippen molar-refractivity contribution in [1.82, 2.24) is 9.97 Å². The van der Waals surface area contributed by atoms with Gasteiger partial charge in [0, 0.05) is 6.07 Å². The Morgan fingerprint density at radius 1 is 1.22 bits per heavy atom. The van der Waals surface area contributed by atoms with E-state index in [2.05, 4.69) is 9.97 Å². The van der Waals surface area contributed by atoms with Crippen molar-refractivity contribution >= 4 is 11.0 Å². The minimum Gasteiger partial charge on any atom is -0.619 e. The van der Waals surface area contributed by atoms with Crippen LogP contribution in [-0.4, -0.2) is 9.97 Å². The lowest BCUT2D eigenvalue weighted by molar-refractivity contribution is -0.604. The standard InChI is InChI=1S/C12H7F2N3O/c13-8-3-1-2-7(11(8)14)12-15-9-4-5-17(18)6-10(9)16-12/h1-6H,(H,15,16). The first kappa shape index (κ1) is 10.6. The van der Waals surface area contributed by atoms with Gasteiger partial charge in [-0.1, -0.05) is 6.07 Å². The molecule has 4 nitrogen and oxygen atoms in total. The van der Waals surface area contributed by atoms with Crippen LogP contribution in [0, 0.1) is 16.8 Å². The lowest BCUT2D eigenvalue weighted by Crippen LogP contribution is -2.23. The Morgan fingerprint density at radius 2 is 2.06 bits per heavy atom. The smallest absolute Gasteiger partial charge is 0.206 e. The van der Waals surface area contributed by atoms with Gasteiger partial charge in [0.05, 0.1) is 5.56 Å². The van der Waals surface area contributed by atoms with Gasteiger partial charge in [-0.3, -0.25) is 0 Å². The maximum Gasteiger partial charge on any atom is 0.206 e. The number of pyridine rings is 1. The zero-order valence-electron chi connectivity index (χ0n) is 9.02. The summed E-state index contributed by atoms with van der Waals surface area (Å²) in [5, 5.41) is 11.1. The van der Waals surface area contributed by atoms with Crippen molar-refractivity contribution in [3.63, 3.8) is 0 Å². The summed E-state index contributed by atoms with van der Waals surface area (Å²) >= 11 is 0. The maximum absolute atomic E-state index is 13.6. The van der Waals surface area contributed by atoms with E-state index >= 15 is 0 Å². The molecule has 0 saturated carbocycles. The number of rotatable bonds is 1. The predicted molar refractivity (Wildman–Crippen MR) is 60.4 cm³/mol. The van der Waals surface area contributed by atoms with Crippen molar-refractivity contribution < 1.29 is 13.5 Å². The van der Waals surface area contributed by atoms with Gasteiger partial charge in [-0.15, -0.1) is 0 Å². The fraction of sp³-hybridized carbons (Fsp3) is 0. The Morgan fingerprint density at radius 3 is 2.89 bits per heavy atom. The van der Waals surface area contributed by atoms with Gasteiger partial charge in [-0.2, -0.15) is 4.73 Å². The van der Waals surface area contributed by atoms with Crippen LogP contribution in [0.25, 0.3) is 22.4 Å². The fourth-order valence-corrected chi connectivity index (χ4v) is 1.75. The molecule has 2 aromatic heterocycles. The van der Waals surface area contributed by atoms with E-state index in [-0.39, 0.29) is 11.4 Å². The van der Waals surface area contributed by atoms with Crippen molar-refractivity contribution in [3.8, 4) is 11.4 Å². The summed E-state index contributed by atoms with van der Waals surface area (Å²) in [4.78, 5) is 6.89. The molecule has 6 heteroatoms. The molecule has 18 heavy (non-hydrogen) atoms. The van der Waals surface area contributed by atoms with E-state index in [1.54, 1.807) is 0 Å². The highest BCUT2D eigenvalue weighted by atomic mass is 19.2. The number of nitrogens with one attached hydrogen (secondary N) is 1. The summed E-state index contributed by atoms with van der Waals surface area (Å²) in [5.74, 6) is -1.72. The monoisotopic (exact) mass is 247 g/mol. The number of aromatic nitrogens is 3. The lowest BCUT2D eigenvalue weighted by atomic mass is 10.2. The second-order valence-electron chi connectivity index (χ2n) is 3.79. The molecule has 2 heterocycles. The molecule has 3 rings (SSSR count). The molecule has 0 bridgehead atoms. The topological polar surface area (TPSA) is 55.6 Å². The molecule has 0 aliphatic rings. The van der Waals surface area contributed by atoms with Crippen LogP contribution in [0.4, 0.5) is 8.78 Å². The zero-order valence-corrected chi connectivity index (χ0v) is 9.02. The molecule has 0 spiro atoms. The zero-order chi connectivity index (χ0) is 12.7. The van der Waals surface area contributed by atoms with Crippen molar-refractivity contribution in [1.29, 1.82) is 0 Å². The molecule has 0 unspecified atom stereocenters. The first-order valence-electron chi connectivity index (χ1n) is 5.18. The van der Waals surface area contributed by atoms with Gasteiger partial charge in [0.1, 0.15) is 16.9 Å². The molecule has 0 aliphatic heterocycles. The second-order valence-corrected chi connectivity index (χ2v) is 3.79. The van der Waals surface area contributed by atoms with E-state index in [0.717, 1.165) is 6.07 Å². The van der Waals surface area contributed by atoms with Crippen LogP contribution in [0.15, 0.2) is 36.7 Å². The summed E-state index contributed by atoms with van der Waals surface area (Å²) in [6.45, 7) is 0. The summed E-state index contributed by atoms with van der Waals surface area (Å²) in [7, 11) is 0. The van der Waals surface area contributed by atoms with Crippen LogP contribution in [-0.2, 0) is 0 Å². The fourth-order valence-electron chi connectivity index (χ4n) is 1.75. The summed E-state index contributed by atoms with van der Waals surface area (Å²) < 4.78 is 27.3. The van der Waals surface area contributed by atoms with Gasteiger partial charge in [0.2, 0.25) is 6.20 Å². The lowest BCUT2D eigenvalue weighted by Gasteiger charge is -1.99. The van der Waals surface area contributed by atoms with Crippen LogP contribution >= 0.6 is 0 Å². The van der Waals surface area contributed by atoms with Crippen LogP contribution in [0.5, 0.6) is 0 Å². The minimum absolute atomic E-state index is 0.0312. The molecule has 0 atom stereocenters. The Kier molecular flexibility index (Phi) is 2.22. The van der Waals surface area contributed by atoms with Crippen molar-refractivity contribution in [2.24, 2.45) is 0 Å². The largest absolute Gasteiger partial charge is 0.619 e. The highest BCUT2D eigenvalue weighted by Gasteiger charge is 2.14. The number of hydrogen-bond acceptors (Lipinski definition) is 2. The average molecular weight is 247 g/mol. The number of H-pyrrole nitrogens is 1. The second kappa shape index (κ2) is 3.76. The number of halogens is 2. The Hall–Kier alpha value is -2.50. The molecule has 3 aromatic rings. The molecular formula is C12H7F2N3O. The van der Waals surface area contributed by atoms with E-state index in [4.69, 9.17) is 0 Å². The molecule has 1 N–H and O–H groups in total. The van der Waals surface area contributed by atoms with Crippen LogP contribution in [0.3, 0.4) is 0 Å². The molecule has 1 aromatic carbocycles. The van der Waals surface area contributed by atoms with E-state index < -0.39 is 11.6 Å². The number of nitrogens with zero attached hydrogens (tertiary/aromatic N) is 2. The first-order chi connectivity index (χ1) is 8.65. The molecule has 0 fully saturated rings. The van der Waals surface area contributed by atoms with Crippen LogP contribution < -0.4 is 4.73 Å². The van der Waals surface area contributed by atoms with Crippen LogP contribution in [0.1, 0.15) is 0 Å². The van der Waals surface area contributed by atoms with Crippen molar-refractivity contribution in [3.05, 3.63) is 53.5 Å². The third-order valence-electron chi connectivity index (χ3n) is 2.60. The third kappa shape index (κ3) is 1.58. The Labute approximate surface area is 100 Å². The van der Waals surface area contributed by atoms with Gasteiger partial charge < -0.3 is 10.2 Å².